The molecule has 0 radical (unpaired) electrons. The van der Waals surface area contributed by atoms with Gasteiger partial charge in [-0.25, -0.2) is 0 Å². The van der Waals surface area contributed by atoms with Gasteiger partial charge in [0.05, 0.1) is 35.9 Å². The van der Waals surface area contributed by atoms with E-state index in [2.05, 4.69) is 0 Å². The first-order chi connectivity index (χ1) is 9.54. The number of hydrogen-bond acceptors (Lipinski definition) is 5. The van der Waals surface area contributed by atoms with Gasteiger partial charge in [-0.2, -0.15) is 0 Å². The van der Waals surface area contributed by atoms with Crippen molar-refractivity contribution < 1.29 is 19.5 Å². The SMILES string of the molecule is CCCC(O)c1cc(OCC)c(OCC)cc1[N+](=O)[O-]. The van der Waals surface area contributed by atoms with E-state index in [1.165, 1.54) is 12.1 Å². The molecule has 6 heteroatoms. The molecule has 20 heavy (non-hydrogen) atoms. The lowest BCUT2D eigenvalue weighted by molar-refractivity contribution is -0.386. The van der Waals surface area contributed by atoms with E-state index in [9.17, 15) is 15.2 Å². The van der Waals surface area contributed by atoms with Crippen molar-refractivity contribution in [3.05, 3.63) is 27.8 Å². The van der Waals surface area contributed by atoms with Crippen LogP contribution in [0.1, 0.15) is 45.3 Å². The minimum atomic E-state index is -0.879. The molecule has 6 nitrogen and oxygen atoms in total. The highest BCUT2D eigenvalue weighted by molar-refractivity contribution is 5.55. The van der Waals surface area contributed by atoms with Crippen LogP contribution in [0.5, 0.6) is 11.5 Å². The predicted molar refractivity (Wildman–Crippen MR) is 75.3 cm³/mol. The van der Waals surface area contributed by atoms with Gasteiger partial charge < -0.3 is 14.6 Å². The summed E-state index contributed by atoms with van der Waals surface area (Å²) in [4.78, 5) is 10.6. The Bertz CT molecular complexity index is 461. The summed E-state index contributed by atoms with van der Waals surface area (Å²) in [5, 5.41) is 21.2. The Hall–Kier alpha value is -1.82. The summed E-state index contributed by atoms with van der Waals surface area (Å²) in [7, 11) is 0. The number of aliphatic hydroxyl groups is 1. The fraction of sp³-hybridized carbons (Fsp3) is 0.571. The first-order valence-corrected chi connectivity index (χ1v) is 6.81. The smallest absolute Gasteiger partial charge is 0.279 e. The minimum absolute atomic E-state index is 0.141. The summed E-state index contributed by atoms with van der Waals surface area (Å²) < 4.78 is 10.8. The van der Waals surface area contributed by atoms with E-state index < -0.39 is 11.0 Å². The molecule has 112 valence electrons. The van der Waals surface area contributed by atoms with Crippen molar-refractivity contribution in [3.8, 4) is 11.5 Å². The van der Waals surface area contributed by atoms with Crippen LogP contribution >= 0.6 is 0 Å². The Morgan fingerprint density at radius 2 is 1.75 bits per heavy atom. The second kappa shape index (κ2) is 7.69. The summed E-state index contributed by atoms with van der Waals surface area (Å²) in [5.41, 5.74) is 0.126. The molecule has 1 aromatic rings. The Kier molecular flexibility index (Phi) is 6.24. The molecule has 0 fully saturated rings. The predicted octanol–water partition coefficient (Wildman–Crippen LogP) is 3.23. The first-order valence-electron chi connectivity index (χ1n) is 6.81. The number of ether oxygens (including phenoxy) is 2. The lowest BCUT2D eigenvalue weighted by atomic mass is 10.0. The molecule has 0 saturated heterocycles. The highest BCUT2D eigenvalue weighted by Gasteiger charge is 2.24. The molecule has 0 saturated carbocycles. The zero-order valence-electron chi connectivity index (χ0n) is 12.1. The first kappa shape index (κ1) is 16.2. The lowest BCUT2D eigenvalue weighted by Gasteiger charge is -2.15. The third kappa shape index (κ3) is 3.84. The van der Waals surface area contributed by atoms with Crippen molar-refractivity contribution in [2.24, 2.45) is 0 Å². The zero-order chi connectivity index (χ0) is 15.1. The van der Waals surface area contributed by atoms with Gasteiger partial charge in [-0.05, 0) is 26.3 Å². The van der Waals surface area contributed by atoms with Crippen molar-refractivity contribution >= 4 is 5.69 Å². The summed E-state index contributed by atoms with van der Waals surface area (Å²) in [6.07, 6.45) is 0.311. The summed E-state index contributed by atoms with van der Waals surface area (Å²) in [5.74, 6) is 0.749. The second-order valence-corrected chi connectivity index (χ2v) is 4.29. The highest BCUT2D eigenvalue weighted by Crippen LogP contribution is 2.38. The van der Waals surface area contributed by atoms with Crippen LogP contribution < -0.4 is 9.47 Å². The molecule has 0 aliphatic carbocycles. The van der Waals surface area contributed by atoms with E-state index in [4.69, 9.17) is 9.47 Å². The van der Waals surface area contributed by atoms with E-state index in [0.717, 1.165) is 6.42 Å². The largest absolute Gasteiger partial charge is 0.490 e. The normalized spacial score (nSPS) is 12.0. The Morgan fingerprint density at radius 1 is 1.20 bits per heavy atom. The van der Waals surface area contributed by atoms with Gasteiger partial charge >= 0.3 is 0 Å². The maximum atomic E-state index is 11.2. The van der Waals surface area contributed by atoms with Gasteiger partial charge in [0.25, 0.3) is 5.69 Å². The van der Waals surface area contributed by atoms with Crippen LogP contribution in [0.25, 0.3) is 0 Å². The summed E-state index contributed by atoms with van der Waals surface area (Å²) in [6, 6.07) is 2.83. The monoisotopic (exact) mass is 283 g/mol. The average molecular weight is 283 g/mol. The van der Waals surface area contributed by atoms with Crippen molar-refractivity contribution in [2.45, 2.75) is 39.7 Å². The molecule has 0 heterocycles. The number of aliphatic hydroxyl groups excluding tert-OH is 1. The Balaban J connectivity index is 3.32. The zero-order valence-corrected chi connectivity index (χ0v) is 12.1. The molecule has 1 rings (SSSR count). The van der Waals surface area contributed by atoms with Crippen LogP contribution in [0.3, 0.4) is 0 Å². The second-order valence-electron chi connectivity index (χ2n) is 4.29. The third-order valence-corrected chi connectivity index (χ3v) is 2.81. The molecule has 0 aliphatic heterocycles. The maximum absolute atomic E-state index is 11.2. The van der Waals surface area contributed by atoms with Crippen LogP contribution in [-0.4, -0.2) is 23.2 Å². The number of benzene rings is 1. The molecule has 1 aromatic carbocycles. The van der Waals surface area contributed by atoms with Gasteiger partial charge in [0.2, 0.25) is 0 Å². The van der Waals surface area contributed by atoms with Crippen LogP contribution in [0.4, 0.5) is 5.69 Å². The molecule has 0 amide bonds. The molecule has 0 aliphatic rings. The Morgan fingerprint density at radius 3 is 2.20 bits per heavy atom. The Labute approximate surface area is 118 Å². The van der Waals surface area contributed by atoms with Gasteiger partial charge in [-0.3, -0.25) is 10.1 Å². The lowest BCUT2D eigenvalue weighted by Crippen LogP contribution is -2.06. The van der Waals surface area contributed by atoms with E-state index in [0.29, 0.717) is 31.1 Å². The quantitative estimate of drug-likeness (QED) is 0.585. The molecule has 0 spiro atoms. The van der Waals surface area contributed by atoms with E-state index in [-0.39, 0.29) is 11.3 Å². The van der Waals surface area contributed by atoms with Crippen molar-refractivity contribution in [1.29, 1.82) is 0 Å². The summed E-state index contributed by atoms with van der Waals surface area (Å²) in [6.45, 7) is 6.32. The van der Waals surface area contributed by atoms with Crippen LogP contribution in [0.15, 0.2) is 12.1 Å². The fourth-order valence-electron chi connectivity index (χ4n) is 1.96. The van der Waals surface area contributed by atoms with Crippen LogP contribution in [0.2, 0.25) is 0 Å². The number of hydrogen-bond donors (Lipinski definition) is 1. The number of nitro benzene ring substituents is 1. The molecule has 1 N–H and O–H groups in total. The van der Waals surface area contributed by atoms with Gasteiger partial charge in [-0.1, -0.05) is 13.3 Å². The van der Waals surface area contributed by atoms with Crippen LogP contribution in [-0.2, 0) is 0 Å². The van der Waals surface area contributed by atoms with Crippen molar-refractivity contribution in [2.75, 3.05) is 13.2 Å². The van der Waals surface area contributed by atoms with E-state index in [1.807, 2.05) is 13.8 Å². The molecule has 0 bridgehead atoms. The summed E-state index contributed by atoms with van der Waals surface area (Å²) >= 11 is 0. The van der Waals surface area contributed by atoms with Crippen molar-refractivity contribution in [3.63, 3.8) is 0 Å². The molecular weight excluding hydrogens is 262 g/mol. The molecular formula is C14H21NO5. The fourth-order valence-corrected chi connectivity index (χ4v) is 1.96. The standard InChI is InChI=1S/C14H21NO5/c1-4-7-12(16)10-8-13(19-5-2)14(20-6-3)9-11(10)15(17)18/h8-9,12,16H,4-7H2,1-3H3. The van der Waals surface area contributed by atoms with Gasteiger partial charge in [0.15, 0.2) is 11.5 Å². The molecule has 1 atom stereocenters. The molecule has 1 unspecified atom stereocenters. The van der Waals surface area contributed by atoms with Crippen LogP contribution in [0, 0.1) is 10.1 Å². The molecule has 0 aromatic heterocycles. The van der Waals surface area contributed by atoms with E-state index in [1.54, 1.807) is 6.92 Å². The number of nitrogens with zero attached hydrogens (tertiary/aromatic N) is 1. The number of rotatable bonds is 8. The highest BCUT2D eigenvalue weighted by atomic mass is 16.6. The minimum Gasteiger partial charge on any atom is -0.490 e. The average Bonchev–Trinajstić information content (AvgIpc) is 2.40. The van der Waals surface area contributed by atoms with E-state index >= 15 is 0 Å². The number of nitro groups is 1. The topological polar surface area (TPSA) is 81.8 Å². The third-order valence-electron chi connectivity index (χ3n) is 2.81. The van der Waals surface area contributed by atoms with Gasteiger partial charge in [-0.15, -0.1) is 0 Å². The van der Waals surface area contributed by atoms with Crippen molar-refractivity contribution in [1.82, 2.24) is 0 Å². The maximum Gasteiger partial charge on any atom is 0.279 e. The van der Waals surface area contributed by atoms with Gasteiger partial charge in [0, 0.05) is 0 Å². The van der Waals surface area contributed by atoms with Gasteiger partial charge in [0.1, 0.15) is 0 Å².